The summed E-state index contributed by atoms with van der Waals surface area (Å²) in [6.45, 7) is 5.42. The minimum absolute atomic E-state index is 0.462. The van der Waals surface area contributed by atoms with Crippen LogP contribution in [0.25, 0.3) is 0 Å². The third kappa shape index (κ3) is 3.06. The maximum atomic E-state index is 14.0. The Hall–Kier alpha value is -2.67. The number of nitrogens with zero attached hydrogens (tertiary/aromatic N) is 1. The highest BCUT2D eigenvalue weighted by Gasteiger charge is 2.73. The smallest absolute Gasteiger partial charge is 0.247 e. The second-order valence-electron chi connectivity index (χ2n) is 10.1. The van der Waals surface area contributed by atoms with Crippen LogP contribution in [0.5, 0.6) is 0 Å². The monoisotopic (exact) mass is 596 g/mol. The van der Waals surface area contributed by atoms with Crippen molar-refractivity contribution in [2.24, 2.45) is 11.8 Å². The Morgan fingerprint density at radius 3 is 1.62 bits per heavy atom. The number of benzene rings is 3. The SMILES string of the molecule is Cc1cc(NC(=O)[C@H](C)N2C(=O)[C@H]3[C@H](C2=O)C2(Cl)c4ccccc4C3(Cl)c3ccccc32)cc(C)c1Br. The molecule has 0 spiro atoms. The lowest BCUT2D eigenvalue weighted by Crippen LogP contribution is -2.57. The number of anilines is 1. The topological polar surface area (TPSA) is 66.5 Å². The number of hydrogen-bond acceptors (Lipinski definition) is 3. The van der Waals surface area contributed by atoms with Crippen molar-refractivity contribution in [1.29, 1.82) is 0 Å². The molecule has 0 saturated carbocycles. The van der Waals surface area contributed by atoms with Gasteiger partial charge < -0.3 is 5.32 Å². The Morgan fingerprint density at radius 2 is 1.24 bits per heavy atom. The third-order valence-corrected chi connectivity index (χ3v) is 10.6. The van der Waals surface area contributed by atoms with Crippen LogP contribution in [0.1, 0.15) is 40.3 Å². The number of alkyl halides is 2. The summed E-state index contributed by atoms with van der Waals surface area (Å²) in [4.78, 5) is 39.9. The summed E-state index contributed by atoms with van der Waals surface area (Å²) in [5.41, 5.74) is 5.43. The van der Waals surface area contributed by atoms with Crippen molar-refractivity contribution in [3.05, 3.63) is 98.5 Å². The lowest BCUT2D eigenvalue weighted by atomic mass is 9.54. The lowest BCUT2D eigenvalue weighted by Gasteiger charge is -2.54. The average Bonchev–Trinajstić information content (AvgIpc) is 3.16. The van der Waals surface area contributed by atoms with Crippen LogP contribution in [-0.2, 0) is 24.1 Å². The molecule has 0 aromatic heterocycles. The van der Waals surface area contributed by atoms with Gasteiger partial charge in [-0.15, -0.1) is 23.2 Å². The van der Waals surface area contributed by atoms with E-state index >= 15 is 0 Å². The first-order valence-electron chi connectivity index (χ1n) is 12.0. The van der Waals surface area contributed by atoms with Gasteiger partial charge in [0.2, 0.25) is 17.7 Å². The molecule has 7 rings (SSSR count). The van der Waals surface area contributed by atoms with Crippen LogP contribution in [0.3, 0.4) is 0 Å². The number of carbonyl (C=O) groups excluding carboxylic acids is 3. The van der Waals surface area contributed by atoms with Crippen LogP contribution >= 0.6 is 39.1 Å². The number of amides is 3. The summed E-state index contributed by atoms with van der Waals surface area (Å²) in [7, 11) is 0. The molecule has 188 valence electrons. The molecule has 3 aliphatic carbocycles. The van der Waals surface area contributed by atoms with E-state index in [2.05, 4.69) is 21.2 Å². The quantitative estimate of drug-likeness (QED) is 0.298. The van der Waals surface area contributed by atoms with Gasteiger partial charge in [0.1, 0.15) is 15.8 Å². The molecule has 0 radical (unpaired) electrons. The van der Waals surface area contributed by atoms with Gasteiger partial charge in [-0.3, -0.25) is 19.3 Å². The Labute approximate surface area is 233 Å². The van der Waals surface area contributed by atoms with Crippen molar-refractivity contribution in [2.45, 2.75) is 36.6 Å². The summed E-state index contributed by atoms with van der Waals surface area (Å²) >= 11 is 18.4. The van der Waals surface area contributed by atoms with E-state index in [0.717, 1.165) is 42.8 Å². The third-order valence-electron chi connectivity index (χ3n) is 8.09. The zero-order valence-corrected chi connectivity index (χ0v) is 23.4. The molecule has 1 N–H and O–H groups in total. The van der Waals surface area contributed by atoms with E-state index in [1.807, 2.05) is 74.5 Å². The summed E-state index contributed by atoms with van der Waals surface area (Å²) in [5.74, 6) is -3.29. The molecule has 1 heterocycles. The highest BCUT2D eigenvalue weighted by Crippen LogP contribution is 2.69. The molecule has 2 bridgehead atoms. The van der Waals surface area contributed by atoms with Crippen molar-refractivity contribution in [2.75, 3.05) is 5.32 Å². The molecular weight excluding hydrogens is 575 g/mol. The normalized spacial score (nSPS) is 28.0. The molecule has 3 atom stereocenters. The molecule has 3 amide bonds. The van der Waals surface area contributed by atoms with Crippen LogP contribution < -0.4 is 5.32 Å². The number of rotatable bonds is 3. The molecule has 3 aromatic carbocycles. The van der Waals surface area contributed by atoms with Crippen molar-refractivity contribution in [3.8, 4) is 0 Å². The average molecular weight is 598 g/mol. The van der Waals surface area contributed by atoms with E-state index in [-0.39, 0.29) is 0 Å². The highest BCUT2D eigenvalue weighted by molar-refractivity contribution is 9.10. The molecule has 4 aliphatic rings. The fourth-order valence-corrected chi connectivity index (χ4v) is 7.78. The molecule has 3 aromatic rings. The van der Waals surface area contributed by atoms with Gasteiger partial charge in [0.15, 0.2) is 0 Å². The van der Waals surface area contributed by atoms with Gasteiger partial charge >= 0.3 is 0 Å². The number of imide groups is 1. The van der Waals surface area contributed by atoms with Crippen molar-refractivity contribution >= 4 is 62.5 Å². The largest absolute Gasteiger partial charge is 0.324 e. The number of likely N-dealkylation sites (tertiary alicyclic amines) is 1. The van der Waals surface area contributed by atoms with E-state index in [1.54, 1.807) is 6.92 Å². The number of hydrogen-bond donors (Lipinski definition) is 1. The molecule has 1 fully saturated rings. The zero-order valence-electron chi connectivity index (χ0n) is 20.3. The minimum atomic E-state index is -1.27. The number of carbonyl (C=O) groups is 3. The number of nitrogens with one attached hydrogen (secondary N) is 1. The van der Waals surface area contributed by atoms with Gasteiger partial charge in [0.25, 0.3) is 0 Å². The summed E-state index contributed by atoms with van der Waals surface area (Å²) in [6, 6.07) is 17.6. The summed E-state index contributed by atoms with van der Waals surface area (Å²) < 4.78 is 0.960. The Bertz CT molecular complexity index is 1390. The molecule has 37 heavy (non-hydrogen) atoms. The Morgan fingerprint density at radius 1 is 0.865 bits per heavy atom. The van der Waals surface area contributed by atoms with E-state index < -0.39 is 45.3 Å². The van der Waals surface area contributed by atoms with Gasteiger partial charge in [-0.25, -0.2) is 0 Å². The van der Waals surface area contributed by atoms with Gasteiger partial charge in [0, 0.05) is 10.2 Å². The van der Waals surface area contributed by atoms with E-state index in [0.29, 0.717) is 5.69 Å². The van der Waals surface area contributed by atoms with Gasteiger partial charge in [-0.1, -0.05) is 64.5 Å². The predicted octanol–water partition coefficient (Wildman–Crippen LogP) is 5.99. The van der Waals surface area contributed by atoms with E-state index in [9.17, 15) is 14.4 Å². The van der Waals surface area contributed by atoms with E-state index in [1.165, 1.54) is 0 Å². The Kier molecular flexibility index (Phi) is 5.44. The van der Waals surface area contributed by atoms with Crippen LogP contribution in [0.15, 0.2) is 65.1 Å². The second-order valence-corrected chi connectivity index (χ2v) is 12.1. The van der Waals surface area contributed by atoms with E-state index in [4.69, 9.17) is 23.2 Å². The minimum Gasteiger partial charge on any atom is -0.324 e. The fraction of sp³-hybridized carbons (Fsp3) is 0.276. The molecule has 5 nitrogen and oxygen atoms in total. The van der Waals surface area contributed by atoms with Crippen molar-refractivity contribution < 1.29 is 14.4 Å². The molecule has 1 aliphatic heterocycles. The van der Waals surface area contributed by atoms with Crippen molar-refractivity contribution in [1.82, 2.24) is 4.90 Å². The van der Waals surface area contributed by atoms with Crippen LogP contribution in [0.2, 0.25) is 0 Å². The maximum Gasteiger partial charge on any atom is 0.247 e. The van der Waals surface area contributed by atoms with Crippen LogP contribution in [-0.4, -0.2) is 28.7 Å². The first-order chi connectivity index (χ1) is 17.5. The molecule has 0 unspecified atom stereocenters. The van der Waals surface area contributed by atoms with Gasteiger partial charge in [0.05, 0.1) is 11.8 Å². The predicted molar refractivity (Wildman–Crippen MR) is 147 cm³/mol. The van der Waals surface area contributed by atoms with Gasteiger partial charge in [-0.05, 0) is 66.3 Å². The molecule has 8 heteroatoms. The van der Waals surface area contributed by atoms with Crippen LogP contribution in [0.4, 0.5) is 5.69 Å². The molecular formula is C29H23BrCl2N2O3. The second kappa shape index (κ2) is 8.16. The summed E-state index contributed by atoms with van der Waals surface area (Å²) in [6.07, 6.45) is 0. The maximum absolute atomic E-state index is 14.0. The number of aryl methyl sites for hydroxylation is 2. The first-order valence-corrected chi connectivity index (χ1v) is 13.6. The lowest BCUT2D eigenvalue weighted by molar-refractivity contribution is -0.146. The number of halogens is 3. The van der Waals surface area contributed by atoms with Crippen molar-refractivity contribution in [3.63, 3.8) is 0 Å². The van der Waals surface area contributed by atoms with Gasteiger partial charge in [-0.2, -0.15) is 0 Å². The standard InChI is InChI=1S/C29H23BrCl2N2O3/c1-14-12-17(13-15(2)24(14)30)33-25(35)16(3)34-26(36)22-23(27(34)37)29(32)19-9-5-4-8-18(19)28(22,31)20-10-6-7-11-21(20)29/h4-13,16,22-23H,1-3H3,(H,33,35)/t16-,22+,23+,28?,29?/m0/s1. The first kappa shape index (κ1) is 24.7. The Balaban J connectivity index is 1.43. The fourth-order valence-electron chi connectivity index (χ4n) is 6.45. The zero-order chi connectivity index (χ0) is 26.4. The summed E-state index contributed by atoms with van der Waals surface area (Å²) in [5, 5.41) is 2.87. The van der Waals surface area contributed by atoms with Crippen LogP contribution in [0, 0.1) is 25.7 Å². The highest BCUT2D eigenvalue weighted by atomic mass is 79.9. The molecule has 1 saturated heterocycles.